The number of carbonyl (C=O) groups is 2. The first-order chi connectivity index (χ1) is 7.91. The van der Waals surface area contributed by atoms with Crippen LogP contribution in [0.1, 0.15) is 35.1 Å². The molecule has 0 bridgehead atoms. The summed E-state index contributed by atoms with van der Waals surface area (Å²) in [5.41, 5.74) is 0.479. The summed E-state index contributed by atoms with van der Waals surface area (Å²) in [5, 5.41) is 27.2. The molecule has 0 unspecified atom stereocenters. The number of rotatable bonds is 5. The fourth-order valence-corrected chi connectivity index (χ4v) is 1.61. The molecule has 3 N–H and O–H groups in total. The Bertz CT molecular complexity index is 430. The highest BCUT2D eigenvalue weighted by Gasteiger charge is 2.27. The van der Waals surface area contributed by atoms with Crippen molar-refractivity contribution in [2.45, 2.75) is 19.2 Å². The Kier molecular flexibility index (Phi) is 4.42. The van der Waals surface area contributed by atoms with Crippen molar-refractivity contribution >= 4 is 18.9 Å². The number of carboxylic acid groups (broad SMARTS) is 1. The van der Waals surface area contributed by atoms with E-state index in [4.69, 9.17) is 5.11 Å². The molecule has 1 aromatic rings. The van der Waals surface area contributed by atoms with E-state index in [0.29, 0.717) is 5.56 Å². The number of carbonyl (C=O) groups excluding carboxylic acids is 1. The van der Waals surface area contributed by atoms with E-state index in [1.165, 1.54) is 25.1 Å². The topological polar surface area (TPSA) is 94.8 Å². The zero-order valence-electron chi connectivity index (χ0n) is 9.33. The number of carboxylic acids is 1. The van der Waals surface area contributed by atoms with Gasteiger partial charge in [-0.3, -0.25) is 0 Å². The van der Waals surface area contributed by atoms with E-state index in [1.54, 1.807) is 6.07 Å². The van der Waals surface area contributed by atoms with Gasteiger partial charge in [0, 0.05) is 12.2 Å². The zero-order valence-corrected chi connectivity index (χ0v) is 9.33. The molecule has 0 aliphatic carbocycles. The molecular formula is C11H13BO5. The Hall–Kier alpha value is -1.66. The van der Waals surface area contributed by atoms with Gasteiger partial charge in [-0.2, -0.15) is 0 Å². The van der Waals surface area contributed by atoms with Crippen LogP contribution in [-0.4, -0.2) is 34.0 Å². The molecule has 1 aromatic carbocycles. The lowest BCUT2D eigenvalue weighted by molar-refractivity contribution is -0.117. The van der Waals surface area contributed by atoms with Gasteiger partial charge in [0.25, 0.3) is 0 Å². The molecule has 0 radical (unpaired) electrons. The van der Waals surface area contributed by atoms with E-state index >= 15 is 0 Å². The highest BCUT2D eigenvalue weighted by Crippen LogP contribution is 2.22. The molecule has 0 spiro atoms. The third-order valence-electron chi connectivity index (χ3n) is 2.43. The monoisotopic (exact) mass is 236 g/mol. The average Bonchev–Trinajstić information content (AvgIpc) is 2.25. The van der Waals surface area contributed by atoms with Crippen LogP contribution in [-0.2, 0) is 4.79 Å². The molecule has 0 aromatic heterocycles. The SMILES string of the molecule is CC(=O)C[C@H](B(O)O)c1cccc(C(=O)O)c1. The lowest BCUT2D eigenvalue weighted by Gasteiger charge is -2.15. The van der Waals surface area contributed by atoms with Gasteiger partial charge in [-0.25, -0.2) is 4.79 Å². The van der Waals surface area contributed by atoms with Crippen LogP contribution in [0, 0.1) is 0 Å². The Morgan fingerprint density at radius 1 is 1.35 bits per heavy atom. The summed E-state index contributed by atoms with van der Waals surface area (Å²) in [6.07, 6.45) is -0.0409. The summed E-state index contributed by atoms with van der Waals surface area (Å²) >= 11 is 0. The van der Waals surface area contributed by atoms with E-state index in [-0.39, 0.29) is 17.8 Å². The molecule has 0 aliphatic heterocycles. The molecule has 0 aliphatic rings. The van der Waals surface area contributed by atoms with Crippen LogP contribution < -0.4 is 0 Å². The van der Waals surface area contributed by atoms with E-state index in [0.717, 1.165) is 0 Å². The minimum Gasteiger partial charge on any atom is -0.478 e. The van der Waals surface area contributed by atoms with Gasteiger partial charge in [0.15, 0.2) is 0 Å². The van der Waals surface area contributed by atoms with Gasteiger partial charge in [-0.1, -0.05) is 12.1 Å². The first-order valence-electron chi connectivity index (χ1n) is 5.10. The van der Waals surface area contributed by atoms with Crippen LogP contribution >= 0.6 is 0 Å². The molecule has 0 saturated heterocycles. The number of ketones is 1. The third-order valence-corrected chi connectivity index (χ3v) is 2.43. The molecule has 0 amide bonds. The van der Waals surface area contributed by atoms with Crippen molar-refractivity contribution < 1.29 is 24.7 Å². The van der Waals surface area contributed by atoms with E-state index < -0.39 is 18.9 Å². The predicted molar refractivity (Wildman–Crippen MR) is 61.6 cm³/mol. The lowest BCUT2D eigenvalue weighted by Crippen LogP contribution is -2.25. The molecule has 17 heavy (non-hydrogen) atoms. The number of aromatic carboxylic acids is 1. The first-order valence-corrected chi connectivity index (χ1v) is 5.10. The third kappa shape index (κ3) is 3.69. The molecule has 90 valence electrons. The quantitative estimate of drug-likeness (QED) is 0.645. The van der Waals surface area contributed by atoms with Crippen molar-refractivity contribution in [1.82, 2.24) is 0 Å². The summed E-state index contributed by atoms with van der Waals surface area (Å²) in [5.74, 6) is -2.09. The normalized spacial score (nSPS) is 11.9. The molecule has 0 saturated carbocycles. The van der Waals surface area contributed by atoms with Gasteiger partial charge in [-0.05, 0) is 24.6 Å². The summed E-state index contributed by atoms with van der Waals surface area (Å²) in [7, 11) is -1.69. The van der Waals surface area contributed by atoms with E-state index in [2.05, 4.69) is 0 Å². The fraction of sp³-hybridized carbons (Fsp3) is 0.273. The summed E-state index contributed by atoms with van der Waals surface area (Å²) in [6.45, 7) is 1.34. The minimum absolute atomic E-state index is 0.0409. The minimum atomic E-state index is -1.69. The molecule has 1 rings (SSSR count). The number of hydrogen-bond acceptors (Lipinski definition) is 4. The lowest BCUT2D eigenvalue weighted by atomic mass is 9.66. The second-order valence-electron chi connectivity index (χ2n) is 3.86. The highest BCUT2D eigenvalue weighted by molar-refractivity contribution is 6.43. The summed E-state index contributed by atoms with van der Waals surface area (Å²) in [4.78, 5) is 21.8. The van der Waals surface area contributed by atoms with Gasteiger partial charge in [-0.15, -0.1) is 0 Å². The standard InChI is InChI=1S/C11H13BO5/c1-7(13)5-10(12(16)17)8-3-2-4-9(6-8)11(14)15/h2-4,6,10,16-17H,5H2,1H3,(H,14,15)/t10-/m0/s1. The Morgan fingerprint density at radius 3 is 2.47 bits per heavy atom. The van der Waals surface area contributed by atoms with Crippen LogP contribution in [0.3, 0.4) is 0 Å². The maximum atomic E-state index is 11.0. The van der Waals surface area contributed by atoms with E-state index in [1.807, 2.05) is 0 Å². The molecule has 5 nitrogen and oxygen atoms in total. The number of hydrogen-bond donors (Lipinski definition) is 3. The van der Waals surface area contributed by atoms with Gasteiger partial charge in [0.1, 0.15) is 5.78 Å². The van der Waals surface area contributed by atoms with Crippen molar-refractivity contribution in [2.75, 3.05) is 0 Å². The van der Waals surface area contributed by atoms with Gasteiger partial charge < -0.3 is 19.9 Å². The number of benzene rings is 1. The maximum Gasteiger partial charge on any atom is 0.459 e. The van der Waals surface area contributed by atoms with Crippen molar-refractivity contribution in [3.63, 3.8) is 0 Å². The van der Waals surface area contributed by atoms with Crippen molar-refractivity contribution in [2.24, 2.45) is 0 Å². The Balaban J connectivity index is 3.05. The van der Waals surface area contributed by atoms with Crippen LogP contribution in [0.15, 0.2) is 24.3 Å². The fourth-order valence-electron chi connectivity index (χ4n) is 1.61. The Morgan fingerprint density at radius 2 is 2.00 bits per heavy atom. The van der Waals surface area contributed by atoms with Gasteiger partial charge in [0.05, 0.1) is 5.56 Å². The second kappa shape index (κ2) is 5.61. The molecule has 0 heterocycles. The van der Waals surface area contributed by atoms with Crippen LogP contribution in [0.2, 0.25) is 0 Å². The van der Waals surface area contributed by atoms with Crippen molar-refractivity contribution in [1.29, 1.82) is 0 Å². The molecule has 6 heteroatoms. The van der Waals surface area contributed by atoms with Gasteiger partial charge in [0.2, 0.25) is 0 Å². The zero-order chi connectivity index (χ0) is 13.0. The predicted octanol–water partition coefficient (Wildman–Crippen LogP) is 0.460. The highest BCUT2D eigenvalue weighted by atomic mass is 16.4. The average molecular weight is 236 g/mol. The number of Topliss-reactive ketones (excluding diaryl/α,β-unsaturated/α-hetero) is 1. The van der Waals surface area contributed by atoms with Crippen LogP contribution in [0.5, 0.6) is 0 Å². The smallest absolute Gasteiger partial charge is 0.459 e. The Labute approximate surface area is 98.9 Å². The summed E-state index contributed by atoms with van der Waals surface area (Å²) < 4.78 is 0. The maximum absolute atomic E-state index is 11.0. The van der Waals surface area contributed by atoms with Crippen LogP contribution in [0.4, 0.5) is 0 Å². The van der Waals surface area contributed by atoms with E-state index in [9.17, 15) is 19.6 Å². The molecular weight excluding hydrogens is 223 g/mol. The summed E-state index contributed by atoms with van der Waals surface area (Å²) in [6, 6.07) is 5.82. The van der Waals surface area contributed by atoms with Gasteiger partial charge >= 0.3 is 13.1 Å². The van der Waals surface area contributed by atoms with Crippen molar-refractivity contribution in [3.05, 3.63) is 35.4 Å². The van der Waals surface area contributed by atoms with Crippen LogP contribution in [0.25, 0.3) is 0 Å². The van der Waals surface area contributed by atoms with Crippen molar-refractivity contribution in [3.8, 4) is 0 Å². The first kappa shape index (κ1) is 13.4. The molecule has 0 fully saturated rings. The largest absolute Gasteiger partial charge is 0.478 e. The molecule has 1 atom stereocenters. The second-order valence-corrected chi connectivity index (χ2v) is 3.86.